The number of nitrogens with one attached hydrogen (secondary N) is 1. The minimum Gasteiger partial charge on any atom is -0.310 e. The highest BCUT2D eigenvalue weighted by Gasteiger charge is 2.11. The van der Waals surface area contributed by atoms with E-state index in [-0.39, 0.29) is 6.04 Å². The zero-order valence-corrected chi connectivity index (χ0v) is 13.3. The van der Waals surface area contributed by atoms with Crippen molar-refractivity contribution in [2.75, 3.05) is 12.8 Å². The van der Waals surface area contributed by atoms with Crippen molar-refractivity contribution in [3.63, 3.8) is 0 Å². The lowest BCUT2D eigenvalue weighted by atomic mass is 9.97. The molecule has 0 amide bonds. The first-order valence-corrected chi connectivity index (χ1v) is 8.64. The van der Waals surface area contributed by atoms with Crippen molar-refractivity contribution in [2.45, 2.75) is 38.6 Å². The van der Waals surface area contributed by atoms with E-state index in [1.807, 2.05) is 12.1 Å². The minimum absolute atomic E-state index is 0.231. The molecule has 0 saturated heterocycles. The Kier molecular flexibility index (Phi) is 5.56. The molecule has 0 aliphatic carbocycles. The Morgan fingerprint density at radius 2 is 1.58 bits per heavy atom. The lowest BCUT2D eigenvalue weighted by molar-refractivity contribution is 0.375. The topological polar surface area (TPSA) is 46.2 Å². The van der Waals surface area contributed by atoms with Gasteiger partial charge in [0.1, 0.15) is 0 Å². The average molecular weight is 283 g/mol. The molecule has 0 radical (unpaired) electrons. The highest BCUT2D eigenvalue weighted by molar-refractivity contribution is 7.90. The maximum absolute atomic E-state index is 11.4. The second-order valence-corrected chi connectivity index (χ2v) is 7.71. The molecule has 1 aromatic rings. The zero-order valence-electron chi connectivity index (χ0n) is 12.5. The molecule has 0 bridgehead atoms. The van der Waals surface area contributed by atoms with E-state index >= 15 is 0 Å². The second-order valence-electron chi connectivity index (χ2n) is 5.69. The lowest BCUT2D eigenvalue weighted by Gasteiger charge is -2.20. The third-order valence-electron chi connectivity index (χ3n) is 3.69. The molecule has 3 nitrogen and oxygen atoms in total. The molecular weight excluding hydrogens is 258 g/mol. The monoisotopic (exact) mass is 283 g/mol. The van der Waals surface area contributed by atoms with Crippen LogP contribution in [0.25, 0.3) is 0 Å². The van der Waals surface area contributed by atoms with Crippen LogP contribution in [0, 0.1) is 11.8 Å². The van der Waals surface area contributed by atoms with Crippen LogP contribution >= 0.6 is 0 Å². The van der Waals surface area contributed by atoms with Gasteiger partial charge in [-0.2, -0.15) is 0 Å². The third kappa shape index (κ3) is 4.96. The van der Waals surface area contributed by atoms with Gasteiger partial charge in [0, 0.05) is 12.3 Å². The van der Waals surface area contributed by atoms with Gasteiger partial charge in [0.25, 0.3) is 0 Å². The van der Waals surface area contributed by atoms with Gasteiger partial charge in [0.2, 0.25) is 0 Å². The average Bonchev–Trinajstić information content (AvgIpc) is 2.34. The first-order valence-electron chi connectivity index (χ1n) is 6.75. The standard InChI is InChI=1S/C15H25NO2S/c1-11(2)12(3)10-16-13(4)14-6-8-15(9-7-14)19(5,17)18/h6-9,11-13,16H,10H2,1-5H3. The molecule has 0 fully saturated rings. The van der Waals surface area contributed by atoms with Crippen LogP contribution in [0.3, 0.4) is 0 Å². The smallest absolute Gasteiger partial charge is 0.175 e. The Bertz CT molecular complexity index is 491. The molecule has 0 spiro atoms. The summed E-state index contributed by atoms with van der Waals surface area (Å²) >= 11 is 0. The fourth-order valence-electron chi connectivity index (χ4n) is 1.72. The number of hydrogen-bond donors (Lipinski definition) is 1. The fourth-order valence-corrected chi connectivity index (χ4v) is 2.35. The van der Waals surface area contributed by atoms with Crippen molar-refractivity contribution in [1.29, 1.82) is 0 Å². The molecule has 0 saturated carbocycles. The quantitative estimate of drug-likeness (QED) is 0.873. The van der Waals surface area contributed by atoms with Crippen molar-refractivity contribution < 1.29 is 8.42 Å². The van der Waals surface area contributed by atoms with E-state index in [1.165, 1.54) is 6.26 Å². The van der Waals surface area contributed by atoms with Crippen LogP contribution in [-0.4, -0.2) is 21.2 Å². The Labute approximate surface area is 117 Å². The van der Waals surface area contributed by atoms with Crippen molar-refractivity contribution >= 4 is 9.84 Å². The summed E-state index contributed by atoms with van der Waals surface area (Å²) in [6.07, 6.45) is 1.23. The van der Waals surface area contributed by atoms with Crippen LogP contribution in [0.4, 0.5) is 0 Å². The van der Waals surface area contributed by atoms with Crippen molar-refractivity contribution in [3.05, 3.63) is 29.8 Å². The predicted octanol–water partition coefficient (Wildman–Crippen LogP) is 3.03. The van der Waals surface area contributed by atoms with Crippen LogP contribution in [0.15, 0.2) is 29.2 Å². The summed E-state index contributed by atoms with van der Waals surface area (Å²) in [6, 6.07) is 7.35. The number of rotatable bonds is 6. The number of benzene rings is 1. The Balaban J connectivity index is 2.66. The van der Waals surface area contributed by atoms with Crippen molar-refractivity contribution in [2.24, 2.45) is 11.8 Å². The fraction of sp³-hybridized carbons (Fsp3) is 0.600. The van der Waals surface area contributed by atoms with Crippen molar-refractivity contribution in [3.8, 4) is 0 Å². The molecule has 0 aromatic heterocycles. The Morgan fingerprint density at radius 3 is 2.00 bits per heavy atom. The summed E-state index contributed by atoms with van der Waals surface area (Å²) in [5, 5.41) is 3.49. The largest absolute Gasteiger partial charge is 0.310 e. The molecule has 108 valence electrons. The Morgan fingerprint density at radius 1 is 1.05 bits per heavy atom. The maximum atomic E-state index is 11.4. The minimum atomic E-state index is -3.10. The van der Waals surface area contributed by atoms with Gasteiger partial charge in [-0.05, 0) is 43.0 Å². The van der Waals surface area contributed by atoms with E-state index in [0.717, 1.165) is 12.1 Å². The van der Waals surface area contributed by atoms with E-state index in [4.69, 9.17) is 0 Å². The van der Waals surface area contributed by atoms with Gasteiger partial charge in [-0.25, -0.2) is 8.42 Å². The van der Waals surface area contributed by atoms with Gasteiger partial charge >= 0.3 is 0 Å². The van der Waals surface area contributed by atoms with E-state index < -0.39 is 9.84 Å². The summed E-state index contributed by atoms with van der Waals surface area (Å²) in [7, 11) is -3.10. The molecule has 2 atom stereocenters. The molecule has 19 heavy (non-hydrogen) atoms. The van der Waals surface area contributed by atoms with Crippen LogP contribution in [0.2, 0.25) is 0 Å². The molecular formula is C15H25NO2S. The summed E-state index contributed by atoms with van der Waals surface area (Å²) in [5.74, 6) is 1.28. The predicted molar refractivity (Wildman–Crippen MR) is 80.0 cm³/mol. The van der Waals surface area contributed by atoms with Crippen LogP contribution in [0.1, 0.15) is 39.3 Å². The van der Waals surface area contributed by atoms with Gasteiger partial charge in [-0.15, -0.1) is 0 Å². The highest BCUT2D eigenvalue weighted by atomic mass is 32.2. The first kappa shape index (κ1) is 16.2. The van der Waals surface area contributed by atoms with E-state index in [9.17, 15) is 8.42 Å². The highest BCUT2D eigenvalue weighted by Crippen LogP contribution is 2.17. The second kappa shape index (κ2) is 6.53. The first-order chi connectivity index (χ1) is 8.71. The Hall–Kier alpha value is -0.870. The summed E-state index contributed by atoms with van der Waals surface area (Å²) in [5.41, 5.74) is 1.11. The van der Waals surface area contributed by atoms with Crippen LogP contribution in [-0.2, 0) is 9.84 Å². The molecule has 1 rings (SSSR count). The van der Waals surface area contributed by atoms with Crippen molar-refractivity contribution in [1.82, 2.24) is 5.32 Å². The molecule has 2 unspecified atom stereocenters. The van der Waals surface area contributed by atoms with Crippen LogP contribution in [0.5, 0.6) is 0 Å². The summed E-state index contributed by atoms with van der Waals surface area (Å²) < 4.78 is 22.8. The van der Waals surface area contributed by atoms with E-state index in [2.05, 4.69) is 33.0 Å². The molecule has 4 heteroatoms. The van der Waals surface area contributed by atoms with E-state index in [1.54, 1.807) is 12.1 Å². The van der Waals surface area contributed by atoms with Gasteiger partial charge in [0.15, 0.2) is 9.84 Å². The molecule has 1 aromatic carbocycles. The van der Waals surface area contributed by atoms with Crippen LogP contribution < -0.4 is 5.32 Å². The summed E-state index contributed by atoms with van der Waals surface area (Å²) in [4.78, 5) is 0.374. The van der Waals surface area contributed by atoms with Gasteiger partial charge in [0.05, 0.1) is 4.90 Å². The lowest BCUT2D eigenvalue weighted by Crippen LogP contribution is -2.26. The number of sulfone groups is 1. The molecule has 0 aliphatic heterocycles. The molecule has 0 aliphatic rings. The van der Waals surface area contributed by atoms with Gasteiger partial charge in [-0.1, -0.05) is 32.9 Å². The van der Waals surface area contributed by atoms with Gasteiger partial charge in [-0.3, -0.25) is 0 Å². The third-order valence-corrected chi connectivity index (χ3v) is 4.82. The maximum Gasteiger partial charge on any atom is 0.175 e. The zero-order chi connectivity index (χ0) is 14.6. The van der Waals surface area contributed by atoms with Gasteiger partial charge < -0.3 is 5.32 Å². The molecule has 0 heterocycles. The van der Waals surface area contributed by atoms with E-state index in [0.29, 0.717) is 16.7 Å². The molecule has 1 N–H and O–H groups in total. The number of hydrogen-bond acceptors (Lipinski definition) is 3. The SMILES string of the molecule is CC(NCC(C)C(C)C)c1ccc(S(C)(=O)=O)cc1. The normalized spacial score (nSPS) is 15.5. The summed E-state index contributed by atoms with van der Waals surface area (Å²) in [6.45, 7) is 9.74.